The predicted octanol–water partition coefficient (Wildman–Crippen LogP) is 1.80. The third-order valence-corrected chi connectivity index (χ3v) is 8.04. The lowest BCUT2D eigenvalue weighted by atomic mass is 10.1. The molecule has 0 aromatic heterocycles. The molecule has 0 N–H and O–H groups in total. The van der Waals surface area contributed by atoms with Crippen LogP contribution in [-0.4, -0.2) is 140 Å². The maximum atomic E-state index is 11.4. The van der Waals surface area contributed by atoms with Crippen LogP contribution < -0.4 is 0 Å². The van der Waals surface area contributed by atoms with E-state index in [0.717, 1.165) is 34.2 Å². The summed E-state index contributed by atoms with van der Waals surface area (Å²) in [5.74, 6) is -1.77. The summed E-state index contributed by atoms with van der Waals surface area (Å²) in [7, 11) is 2.57. The minimum atomic E-state index is -4.74. The number of ether oxygens (including phenoxy) is 4. The van der Waals surface area contributed by atoms with Gasteiger partial charge in [0.15, 0.2) is 12.2 Å². The molecule has 0 spiro atoms. The molecule has 16 nitrogen and oxygen atoms in total. The van der Waals surface area contributed by atoms with E-state index in [4.69, 9.17) is 18.9 Å². The van der Waals surface area contributed by atoms with Crippen LogP contribution in [-0.2, 0) is 58.4 Å². The summed E-state index contributed by atoms with van der Waals surface area (Å²) in [6, 6.07) is 7.09. The van der Waals surface area contributed by atoms with Gasteiger partial charge in [-0.25, -0.2) is 26.4 Å². The molecule has 0 aliphatic rings. The molecule has 0 amide bonds. The van der Waals surface area contributed by atoms with Crippen molar-refractivity contribution >= 4 is 54.9 Å². The highest BCUT2D eigenvalue weighted by Gasteiger charge is 2.20. The molecule has 0 aliphatic heterocycles. The Bertz CT molecular complexity index is 1540. The van der Waals surface area contributed by atoms with E-state index in [1.165, 1.54) is 38.1 Å². The Morgan fingerprint density at radius 2 is 0.920 bits per heavy atom. The Labute approximate surface area is 294 Å². The van der Waals surface area contributed by atoms with Gasteiger partial charge in [0.1, 0.15) is 46.5 Å². The van der Waals surface area contributed by atoms with Gasteiger partial charge in [0.25, 0.3) is 0 Å². The summed E-state index contributed by atoms with van der Waals surface area (Å²) in [5.41, 5.74) is 0. The van der Waals surface area contributed by atoms with Gasteiger partial charge in [-0.05, 0) is 26.0 Å². The second kappa shape index (κ2) is 20.2. The van der Waals surface area contributed by atoms with Gasteiger partial charge in [-0.2, -0.15) is 0 Å². The number of likely N-dealkylation sites (N-methyl/N-ethyl adjacent to an activating group) is 2. The molecule has 2 atom stereocenters. The maximum absolute atomic E-state index is 11.4. The van der Waals surface area contributed by atoms with Crippen LogP contribution in [0, 0.1) is 0 Å². The third-order valence-electron chi connectivity index (χ3n) is 6.25. The first-order chi connectivity index (χ1) is 22.7. The average Bonchev–Trinajstić information content (AvgIpc) is 2.98. The standard InChI is InChI=1S/2C11H22NO4.C10H8O6S2/c2*1-6-10(13)16-9(2)11(14)15-8-7-12(3,4)5;11-17(12,13)9-5-1-3-7-8(9)4-2-6-10(7)18(14,15)16/h2*9H,6-8H2,1-5H3;1-6H,(H,11,12,13)(H,14,15,16)/q2*+1;/p-2. The highest BCUT2D eigenvalue weighted by molar-refractivity contribution is 7.86. The van der Waals surface area contributed by atoms with Gasteiger partial charge < -0.3 is 37.0 Å². The van der Waals surface area contributed by atoms with E-state index < -0.39 is 66.1 Å². The van der Waals surface area contributed by atoms with Gasteiger partial charge in [-0.3, -0.25) is 9.59 Å². The number of benzene rings is 2. The van der Waals surface area contributed by atoms with Crippen LogP contribution in [0.25, 0.3) is 10.8 Å². The van der Waals surface area contributed by atoms with Crippen LogP contribution in [0.4, 0.5) is 0 Å². The highest BCUT2D eigenvalue weighted by Crippen LogP contribution is 2.27. The normalized spacial score (nSPS) is 13.0. The van der Waals surface area contributed by atoms with Gasteiger partial charge in [-0.15, -0.1) is 0 Å². The zero-order valence-electron chi connectivity index (χ0n) is 30.3. The van der Waals surface area contributed by atoms with Gasteiger partial charge in [0, 0.05) is 23.6 Å². The minimum absolute atomic E-state index is 0.0792. The molecule has 0 saturated carbocycles. The van der Waals surface area contributed by atoms with Gasteiger partial charge in [-0.1, -0.05) is 38.1 Å². The summed E-state index contributed by atoms with van der Waals surface area (Å²) in [5, 5.41) is -0.158. The lowest BCUT2D eigenvalue weighted by molar-refractivity contribution is -0.870. The quantitative estimate of drug-likeness (QED) is 0.116. The van der Waals surface area contributed by atoms with E-state index >= 15 is 0 Å². The fraction of sp³-hybridized carbons (Fsp3) is 0.562. The molecule has 0 saturated heterocycles. The summed E-state index contributed by atoms with van der Waals surface area (Å²) < 4.78 is 87.2. The van der Waals surface area contributed by atoms with E-state index in [-0.39, 0.29) is 23.6 Å². The number of carbonyl (C=O) groups excluding carboxylic acids is 4. The molecule has 2 rings (SSSR count). The molecular formula is C32H50N2O14S2. The molecule has 2 unspecified atom stereocenters. The third kappa shape index (κ3) is 18.9. The van der Waals surface area contributed by atoms with Gasteiger partial charge in [0.2, 0.25) is 0 Å². The van der Waals surface area contributed by atoms with E-state index in [9.17, 15) is 45.1 Å². The Morgan fingerprint density at radius 1 is 0.620 bits per heavy atom. The number of nitrogens with zero attached hydrogens (tertiary/aromatic N) is 2. The molecule has 284 valence electrons. The number of esters is 4. The first kappa shape index (κ1) is 46.3. The number of quaternary nitrogens is 2. The smallest absolute Gasteiger partial charge is 0.347 e. The van der Waals surface area contributed by atoms with Crippen molar-refractivity contribution in [3.63, 3.8) is 0 Å². The molecule has 0 aliphatic carbocycles. The number of rotatable bonds is 14. The molecular weight excluding hydrogens is 700 g/mol. The van der Waals surface area contributed by atoms with E-state index in [1.807, 2.05) is 42.3 Å². The van der Waals surface area contributed by atoms with Crippen LogP contribution in [0.1, 0.15) is 40.5 Å². The molecule has 50 heavy (non-hydrogen) atoms. The van der Waals surface area contributed by atoms with Crippen LogP contribution in [0.3, 0.4) is 0 Å². The lowest BCUT2D eigenvalue weighted by Crippen LogP contribution is -2.39. The Hall–Kier alpha value is -3.68. The monoisotopic (exact) mass is 750 g/mol. The molecule has 0 fully saturated rings. The second-order valence-corrected chi connectivity index (χ2v) is 15.5. The Balaban J connectivity index is 0.000000723. The molecule has 0 bridgehead atoms. The molecule has 18 heteroatoms. The van der Waals surface area contributed by atoms with Crippen molar-refractivity contribution in [3.05, 3.63) is 36.4 Å². The zero-order valence-corrected chi connectivity index (χ0v) is 31.9. The highest BCUT2D eigenvalue weighted by atomic mass is 32.2. The van der Waals surface area contributed by atoms with Crippen LogP contribution >= 0.6 is 0 Å². The molecule has 0 heterocycles. The predicted molar refractivity (Wildman–Crippen MR) is 179 cm³/mol. The first-order valence-electron chi connectivity index (χ1n) is 15.5. The SMILES string of the molecule is CCC(=O)OC(C)C(=O)OCC[N+](C)(C)C.CCC(=O)OC(C)C(=O)OCC[N+](C)(C)C.O=S(=O)([O-])c1cccc2c(S(=O)(=O)[O-])cccc12. The molecule has 0 radical (unpaired) electrons. The minimum Gasteiger partial charge on any atom is -0.744 e. The first-order valence-corrected chi connectivity index (χ1v) is 18.3. The van der Waals surface area contributed by atoms with Crippen LogP contribution in [0.2, 0.25) is 0 Å². The van der Waals surface area contributed by atoms with Crippen molar-refractivity contribution in [2.24, 2.45) is 0 Å². The van der Waals surface area contributed by atoms with Crippen molar-refractivity contribution in [2.45, 2.75) is 62.5 Å². The molecule has 2 aromatic carbocycles. The van der Waals surface area contributed by atoms with Gasteiger partial charge in [0.05, 0.1) is 52.1 Å². The van der Waals surface area contributed by atoms with Crippen molar-refractivity contribution in [1.82, 2.24) is 0 Å². The van der Waals surface area contributed by atoms with Crippen LogP contribution in [0.15, 0.2) is 46.2 Å². The summed E-state index contributed by atoms with van der Waals surface area (Å²) in [6.07, 6.45) is -1.12. The fourth-order valence-corrected chi connectivity index (χ4v) is 4.81. The molecule has 2 aromatic rings. The Kier molecular flexibility index (Phi) is 18.7. The number of carbonyl (C=O) groups is 4. The number of hydrogen-bond donors (Lipinski definition) is 0. The van der Waals surface area contributed by atoms with Crippen molar-refractivity contribution in [3.8, 4) is 0 Å². The average molecular weight is 751 g/mol. The van der Waals surface area contributed by atoms with Crippen LogP contribution in [0.5, 0.6) is 0 Å². The van der Waals surface area contributed by atoms with Crippen molar-refractivity contribution in [2.75, 3.05) is 68.6 Å². The van der Waals surface area contributed by atoms with Gasteiger partial charge >= 0.3 is 23.9 Å². The largest absolute Gasteiger partial charge is 0.744 e. The second-order valence-electron chi connectivity index (χ2n) is 12.8. The van der Waals surface area contributed by atoms with Crippen molar-refractivity contribution in [1.29, 1.82) is 0 Å². The summed E-state index contributed by atoms with van der Waals surface area (Å²) in [6.45, 7) is 8.49. The Morgan fingerprint density at radius 3 is 1.16 bits per heavy atom. The van der Waals surface area contributed by atoms with E-state index in [0.29, 0.717) is 13.2 Å². The van der Waals surface area contributed by atoms with E-state index in [1.54, 1.807) is 13.8 Å². The van der Waals surface area contributed by atoms with E-state index in [2.05, 4.69) is 0 Å². The number of fused-ring (bicyclic) bond motifs is 1. The maximum Gasteiger partial charge on any atom is 0.347 e. The lowest BCUT2D eigenvalue weighted by Gasteiger charge is -2.23. The fourth-order valence-electron chi connectivity index (χ4n) is 3.42. The zero-order chi connectivity index (χ0) is 39.1. The summed E-state index contributed by atoms with van der Waals surface area (Å²) >= 11 is 0. The number of hydrogen-bond acceptors (Lipinski definition) is 14. The topological polar surface area (TPSA) is 220 Å². The van der Waals surface area contributed by atoms with Crippen molar-refractivity contribution < 1.29 is 73.0 Å². The summed E-state index contributed by atoms with van der Waals surface area (Å²) in [4.78, 5) is 43.5.